The van der Waals surface area contributed by atoms with Gasteiger partial charge in [0.25, 0.3) is 0 Å². The minimum absolute atomic E-state index is 0.608. The molecule has 0 unspecified atom stereocenters. The number of likely N-dealkylation sites (tertiary alicyclic amines) is 1. The van der Waals surface area contributed by atoms with E-state index >= 15 is 0 Å². The van der Waals surface area contributed by atoms with Crippen molar-refractivity contribution in [2.24, 2.45) is 0 Å². The summed E-state index contributed by atoms with van der Waals surface area (Å²) in [6.45, 7) is 5.38. The molecule has 36 heavy (non-hydrogen) atoms. The number of rotatable bonds is 8. The van der Waals surface area contributed by atoms with Crippen LogP contribution in [0.5, 0.6) is 0 Å². The summed E-state index contributed by atoms with van der Waals surface area (Å²) in [5.41, 5.74) is 4.41. The normalized spacial score (nSPS) is 14.6. The summed E-state index contributed by atoms with van der Waals surface area (Å²) in [7, 11) is 0. The SMILES string of the molecule is Cc1cc(Nc2cc(Nc3ccc(CN4CCCCCC4)cc3)nc(C=Cc3ccccc3)n2)n[nH]1. The maximum Gasteiger partial charge on any atom is 0.156 e. The number of anilines is 4. The van der Waals surface area contributed by atoms with Gasteiger partial charge in [-0.1, -0.05) is 61.4 Å². The summed E-state index contributed by atoms with van der Waals surface area (Å²) in [5.74, 6) is 2.71. The third-order valence-corrected chi connectivity index (χ3v) is 6.26. The first kappa shape index (κ1) is 23.8. The minimum atomic E-state index is 0.608. The highest BCUT2D eigenvalue weighted by molar-refractivity contribution is 5.70. The van der Waals surface area contributed by atoms with Crippen LogP contribution in [0, 0.1) is 6.92 Å². The summed E-state index contributed by atoms with van der Waals surface area (Å²) < 4.78 is 0. The van der Waals surface area contributed by atoms with Crippen molar-refractivity contribution in [3.63, 3.8) is 0 Å². The summed E-state index contributed by atoms with van der Waals surface area (Å²) in [6.07, 6.45) is 9.27. The van der Waals surface area contributed by atoms with E-state index in [1.807, 2.05) is 49.4 Å². The lowest BCUT2D eigenvalue weighted by atomic mass is 10.2. The topological polar surface area (TPSA) is 81.8 Å². The largest absolute Gasteiger partial charge is 0.340 e. The third-order valence-electron chi connectivity index (χ3n) is 6.26. The molecule has 3 N–H and O–H groups in total. The highest BCUT2D eigenvalue weighted by Crippen LogP contribution is 2.22. The number of nitrogens with one attached hydrogen (secondary N) is 3. The van der Waals surface area contributed by atoms with Gasteiger partial charge >= 0.3 is 0 Å². The van der Waals surface area contributed by atoms with Gasteiger partial charge in [0.15, 0.2) is 11.6 Å². The lowest BCUT2D eigenvalue weighted by molar-refractivity contribution is 0.277. The first-order valence-corrected chi connectivity index (χ1v) is 12.7. The molecule has 184 valence electrons. The van der Waals surface area contributed by atoms with Crippen molar-refractivity contribution < 1.29 is 0 Å². The molecular weight excluding hydrogens is 446 g/mol. The van der Waals surface area contributed by atoms with E-state index in [1.165, 1.54) is 44.3 Å². The fourth-order valence-electron chi connectivity index (χ4n) is 4.41. The molecule has 0 bridgehead atoms. The lowest BCUT2D eigenvalue weighted by Crippen LogP contribution is -2.23. The van der Waals surface area contributed by atoms with E-state index in [1.54, 1.807) is 0 Å². The Hall–Kier alpha value is -3.97. The number of hydrogen-bond donors (Lipinski definition) is 3. The highest BCUT2D eigenvalue weighted by Gasteiger charge is 2.10. The zero-order valence-corrected chi connectivity index (χ0v) is 20.7. The van der Waals surface area contributed by atoms with E-state index in [9.17, 15) is 0 Å². The van der Waals surface area contributed by atoms with Crippen LogP contribution < -0.4 is 10.6 Å². The Balaban J connectivity index is 1.33. The zero-order chi connectivity index (χ0) is 24.6. The van der Waals surface area contributed by atoms with E-state index in [4.69, 9.17) is 4.98 Å². The van der Waals surface area contributed by atoms with Gasteiger partial charge < -0.3 is 10.6 Å². The van der Waals surface area contributed by atoms with Crippen LogP contribution >= 0.6 is 0 Å². The number of hydrogen-bond acceptors (Lipinski definition) is 6. The van der Waals surface area contributed by atoms with Gasteiger partial charge in [0.1, 0.15) is 11.6 Å². The van der Waals surface area contributed by atoms with Crippen LogP contribution in [0.3, 0.4) is 0 Å². The molecule has 2 aromatic heterocycles. The maximum absolute atomic E-state index is 4.73. The van der Waals surface area contributed by atoms with E-state index in [0.29, 0.717) is 23.3 Å². The smallest absolute Gasteiger partial charge is 0.156 e. The Morgan fingerprint density at radius 1 is 0.806 bits per heavy atom. The maximum atomic E-state index is 4.73. The molecule has 0 amide bonds. The van der Waals surface area contributed by atoms with Crippen LogP contribution in [0.25, 0.3) is 12.2 Å². The average molecular weight is 480 g/mol. The predicted molar refractivity (Wildman–Crippen MR) is 147 cm³/mol. The second-order valence-corrected chi connectivity index (χ2v) is 9.31. The fraction of sp³-hybridized carbons (Fsp3) is 0.276. The Morgan fingerprint density at radius 3 is 2.22 bits per heavy atom. The predicted octanol–water partition coefficient (Wildman–Crippen LogP) is 6.54. The summed E-state index contributed by atoms with van der Waals surface area (Å²) in [5, 5.41) is 14.0. The number of aromatic nitrogens is 4. The van der Waals surface area contributed by atoms with Crippen molar-refractivity contribution in [2.75, 3.05) is 23.7 Å². The van der Waals surface area contributed by atoms with Crippen molar-refractivity contribution in [1.82, 2.24) is 25.1 Å². The Morgan fingerprint density at radius 2 is 1.53 bits per heavy atom. The monoisotopic (exact) mass is 479 g/mol. The molecule has 0 spiro atoms. The number of aryl methyl sites for hydroxylation is 1. The Kier molecular flexibility index (Phi) is 7.68. The molecule has 0 radical (unpaired) electrons. The standard InChI is InChI=1S/C29H33N7/c1-22-19-29(35-34-22)33-28-20-27(31-26(32-28)16-13-23-9-5-4-6-10-23)30-25-14-11-24(12-15-25)21-36-17-7-2-3-8-18-36/h4-6,9-16,19-20H,2-3,7-8,17-18,21H2,1H3,(H3,30,31,32,33,34,35). The van der Waals surface area contributed by atoms with Crippen LogP contribution in [-0.4, -0.2) is 38.2 Å². The van der Waals surface area contributed by atoms with Gasteiger partial charge in [-0.25, -0.2) is 9.97 Å². The third kappa shape index (κ3) is 6.79. The fourth-order valence-corrected chi connectivity index (χ4v) is 4.41. The van der Waals surface area contributed by atoms with Gasteiger partial charge in [0.2, 0.25) is 0 Å². The van der Waals surface area contributed by atoms with Crippen LogP contribution in [0.15, 0.2) is 66.7 Å². The molecule has 0 aliphatic carbocycles. The number of H-pyrrole nitrogens is 1. The van der Waals surface area contributed by atoms with Crippen LogP contribution in [-0.2, 0) is 6.54 Å². The number of aromatic amines is 1. The molecule has 2 aromatic carbocycles. The summed E-state index contributed by atoms with van der Waals surface area (Å²) in [4.78, 5) is 12.0. The zero-order valence-electron chi connectivity index (χ0n) is 20.7. The Bertz CT molecular complexity index is 1270. The van der Waals surface area contributed by atoms with Crippen LogP contribution in [0.4, 0.5) is 23.1 Å². The summed E-state index contributed by atoms with van der Waals surface area (Å²) in [6, 6.07) is 22.6. The second kappa shape index (κ2) is 11.6. The first-order valence-electron chi connectivity index (χ1n) is 12.7. The molecule has 1 saturated heterocycles. The highest BCUT2D eigenvalue weighted by atomic mass is 15.2. The summed E-state index contributed by atoms with van der Waals surface area (Å²) >= 11 is 0. The van der Waals surface area contributed by atoms with Gasteiger partial charge in [0, 0.05) is 30.1 Å². The van der Waals surface area contributed by atoms with Gasteiger partial charge in [-0.2, -0.15) is 5.10 Å². The number of benzene rings is 2. The average Bonchev–Trinajstić information content (AvgIpc) is 3.13. The quantitative estimate of drug-likeness (QED) is 0.266. The second-order valence-electron chi connectivity index (χ2n) is 9.31. The van der Waals surface area contributed by atoms with E-state index < -0.39 is 0 Å². The molecule has 7 heteroatoms. The minimum Gasteiger partial charge on any atom is -0.340 e. The number of nitrogens with zero attached hydrogens (tertiary/aromatic N) is 4. The van der Waals surface area contributed by atoms with E-state index in [2.05, 4.69) is 67.1 Å². The van der Waals surface area contributed by atoms with Gasteiger partial charge in [-0.05, 0) is 62.2 Å². The molecule has 0 saturated carbocycles. The molecule has 5 rings (SSSR count). The molecule has 4 aromatic rings. The first-order chi connectivity index (χ1) is 17.7. The molecule has 3 heterocycles. The molecule has 0 atom stereocenters. The van der Waals surface area contributed by atoms with Gasteiger partial charge in [-0.15, -0.1) is 0 Å². The Labute approximate surface area is 212 Å². The molecule has 1 aliphatic heterocycles. The van der Waals surface area contributed by atoms with Crippen molar-refractivity contribution in [2.45, 2.75) is 39.2 Å². The van der Waals surface area contributed by atoms with Crippen molar-refractivity contribution in [1.29, 1.82) is 0 Å². The molecule has 1 aliphatic rings. The van der Waals surface area contributed by atoms with Crippen molar-refractivity contribution in [3.8, 4) is 0 Å². The van der Waals surface area contributed by atoms with Crippen molar-refractivity contribution >= 4 is 35.3 Å². The molecule has 1 fully saturated rings. The molecule has 7 nitrogen and oxygen atoms in total. The van der Waals surface area contributed by atoms with E-state index in [-0.39, 0.29) is 0 Å². The van der Waals surface area contributed by atoms with Crippen LogP contribution in [0.1, 0.15) is 48.3 Å². The van der Waals surface area contributed by atoms with Gasteiger partial charge in [-0.3, -0.25) is 10.00 Å². The van der Waals surface area contributed by atoms with Crippen molar-refractivity contribution in [3.05, 3.63) is 89.4 Å². The van der Waals surface area contributed by atoms with E-state index in [0.717, 1.165) is 23.5 Å². The van der Waals surface area contributed by atoms with Crippen LogP contribution in [0.2, 0.25) is 0 Å². The molecular formula is C29H33N7. The van der Waals surface area contributed by atoms with Gasteiger partial charge in [0.05, 0.1) is 0 Å². The lowest BCUT2D eigenvalue weighted by Gasteiger charge is -2.20.